The fourth-order valence-corrected chi connectivity index (χ4v) is 2.86. The average molecular weight is 318 g/mol. The highest BCUT2D eigenvalue weighted by molar-refractivity contribution is 8.13. The topological polar surface area (TPSA) is 72.5 Å². The van der Waals surface area contributed by atoms with Crippen LogP contribution in [0.15, 0.2) is 29.2 Å². The molecule has 1 heterocycles. The van der Waals surface area contributed by atoms with Crippen LogP contribution in [0, 0.1) is 5.92 Å². The highest BCUT2D eigenvalue weighted by atomic mass is 35.7. The van der Waals surface area contributed by atoms with Crippen LogP contribution < -0.4 is 5.32 Å². The van der Waals surface area contributed by atoms with Gasteiger partial charge in [0, 0.05) is 23.8 Å². The zero-order valence-corrected chi connectivity index (χ0v) is 12.6. The summed E-state index contributed by atoms with van der Waals surface area (Å²) >= 11 is 0. The van der Waals surface area contributed by atoms with Crippen molar-refractivity contribution >= 4 is 25.6 Å². The summed E-state index contributed by atoms with van der Waals surface area (Å²) in [6, 6.07) is 6.07. The molecule has 0 aromatic heterocycles. The minimum absolute atomic E-state index is 0.0435. The molecule has 5 nitrogen and oxygen atoms in total. The first-order valence-corrected chi connectivity index (χ1v) is 8.62. The maximum absolute atomic E-state index is 11.9. The van der Waals surface area contributed by atoms with E-state index in [1.54, 1.807) is 12.1 Å². The molecule has 7 heteroatoms. The molecular formula is C13H16ClNO4S. The third-order valence-electron chi connectivity index (χ3n) is 3.32. The second kappa shape index (κ2) is 6.11. The van der Waals surface area contributed by atoms with Crippen LogP contribution >= 0.6 is 10.7 Å². The summed E-state index contributed by atoms with van der Waals surface area (Å²) in [7, 11) is 1.52. The molecule has 2 atom stereocenters. The Hall–Kier alpha value is -1.11. The number of hydrogen-bond donors (Lipinski definition) is 1. The van der Waals surface area contributed by atoms with Crippen LogP contribution in [0.5, 0.6) is 0 Å². The molecule has 1 N–H and O–H groups in total. The normalized spacial score (nSPS) is 22.7. The molecule has 0 aliphatic carbocycles. The van der Waals surface area contributed by atoms with Gasteiger partial charge in [0.05, 0.1) is 4.90 Å². The summed E-state index contributed by atoms with van der Waals surface area (Å²) in [6.45, 7) is 2.92. The van der Waals surface area contributed by atoms with Crippen molar-refractivity contribution in [2.75, 3.05) is 6.61 Å². The van der Waals surface area contributed by atoms with Crippen molar-refractivity contribution in [1.29, 1.82) is 0 Å². The smallest absolute Gasteiger partial charge is 0.261 e. The molecule has 0 saturated carbocycles. The van der Waals surface area contributed by atoms with Crippen LogP contribution in [0.2, 0.25) is 0 Å². The van der Waals surface area contributed by atoms with Gasteiger partial charge in [-0.2, -0.15) is 0 Å². The number of hydrogen-bond acceptors (Lipinski definition) is 4. The molecule has 1 amide bonds. The lowest BCUT2D eigenvalue weighted by Crippen LogP contribution is -2.36. The van der Waals surface area contributed by atoms with E-state index < -0.39 is 15.2 Å². The Labute approximate surface area is 122 Å². The van der Waals surface area contributed by atoms with Gasteiger partial charge in [-0.05, 0) is 30.0 Å². The Morgan fingerprint density at radius 2 is 2.05 bits per heavy atom. The Kier molecular flexibility index (Phi) is 4.67. The summed E-state index contributed by atoms with van der Waals surface area (Å²) in [5.41, 5.74) is 0.799. The van der Waals surface area contributed by atoms with E-state index in [1.165, 1.54) is 12.1 Å². The highest BCUT2D eigenvalue weighted by Crippen LogP contribution is 2.20. The van der Waals surface area contributed by atoms with Crippen molar-refractivity contribution in [3.8, 4) is 0 Å². The maximum Gasteiger partial charge on any atom is 0.261 e. The number of ether oxygens (including phenoxy) is 1. The predicted octanol–water partition coefficient (Wildman–Crippen LogP) is 1.66. The highest BCUT2D eigenvalue weighted by Gasteiger charge is 2.30. The SMILES string of the molecule is CC1CCOC1C(=O)NCc1ccc(S(=O)(=O)Cl)cc1. The van der Waals surface area contributed by atoms with E-state index in [0.29, 0.717) is 13.2 Å². The fourth-order valence-electron chi connectivity index (χ4n) is 2.09. The van der Waals surface area contributed by atoms with Crippen LogP contribution in [0.25, 0.3) is 0 Å². The third-order valence-corrected chi connectivity index (χ3v) is 4.69. The second-order valence-corrected chi connectivity index (χ2v) is 7.42. The van der Waals surface area contributed by atoms with E-state index in [4.69, 9.17) is 15.4 Å². The Balaban J connectivity index is 1.93. The number of benzene rings is 1. The Bertz CT molecular complexity index is 585. The van der Waals surface area contributed by atoms with E-state index >= 15 is 0 Å². The molecule has 1 fully saturated rings. The molecule has 110 valence electrons. The summed E-state index contributed by atoms with van der Waals surface area (Å²) in [5, 5.41) is 2.78. The number of nitrogens with one attached hydrogen (secondary N) is 1. The average Bonchev–Trinajstić information content (AvgIpc) is 2.82. The number of halogens is 1. The van der Waals surface area contributed by atoms with Gasteiger partial charge in [0.1, 0.15) is 6.10 Å². The quantitative estimate of drug-likeness (QED) is 0.857. The van der Waals surface area contributed by atoms with E-state index in [1.807, 2.05) is 6.92 Å². The van der Waals surface area contributed by atoms with Gasteiger partial charge in [-0.15, -0.1) is 0 Å². The van der Waals surface area contributed by atoms with Crippen molar-refractivity contribution in [2.24, 2.45) is 5.92 Å². The van der Waals surface area contributed by atoms with Crippen molar-refractivity contribution < 1.29 is 17.9 Å². The van der Waals surface area contributed by atoms with Gasteiger partial charge in [0.25, 0.3) is 9.05 Å². The van der Waals surface area contributed by atoms with E-state index in [-0.39, 0.29) is 16.7 Å². The van der Waals surface area contributed by atoms with Gasteiger partial charge in [0.2, 0.25) is 5.91 Å². The first-order valence-electron chi connectivity index (χ1n) is 6.31. The van der Waals surface area contributed by atoms with Gasteiger partial charge in [-0.25, -0.2) is 8.42 Å². The summed E-state index contributed by atoms with van der Waals surface area (Å²) < 4.78 is 27.6. The maximum atomic E-state index is 11.9. The van der Waals surface area contributed by atoms with Crippen LogP contribution in [0.4, 0.5) is 0 Å². The third kappa shape index (κ3) is 3.71. The number of carbonyl (C=O) groups excluding carboxylic acids is 1. The van der Waals surface area contributed by atoms with Gasteiger partial charge < -0.3 is 10.1 Å². The molecular weight excluding hydrogens is 302 g/mol. The van der Waals surface area contributed by atoms with Crippen molar-refractivity contribution in [2.45, 2.75) is 30.9 Å². The summed E-state index contributed by atoms with van der Waals surface area (Å²) in [5.74, 6) is 0.0859. The number of rotatable bonds is 4. The van der Waals surface area contributed by atoms with Crippen molar-refractivity contribution in [3.05, 3.63) is 29.8 Å². The van der Waals surface area contributed by atoms with Crippen LogP contribution in [0.3, 0.4) is 0 Å². The van der Waals surface area contributed by atoms with Crippen molar-refractivity contribution in [3.63, 3.8) is 0 Å². The molecule has 1 aliphatic heterocycles. The first-order chi connectivity index (χ1) is 9.38. The number of carbonyl (C=O) groups is 1. The van der Waals surface area contributed by atoms with E-state index in [2.05, 4.69) is 5.32 Å². The van der Waals surface area contributed by atoms with Gasteiger partial charge in [-0.3, -0.25) is 4.79 Å². The minimum Gasteiger partial charge on any atom is -0.368 e. The zero-order valence-electron chi connectivity index (χ0n) is 11.0. The summed E-state index contributed by atoms with van der Waals surface area (Å²) in [4.78, 5) is 11.9. The van der Waals surface area contributed by atoms with Gasteiger partial charge >= 0.3 is 0 Å². The Morgan fingerprint density at radius 1 is 1.40 bits per heavy atom. The standard InChI is InChI=1S/C13H16ClNO4S/c1-9-6-7-19-12(9)13(16)15-8-10-2-4-11(5-3-10)20(14,17)18/h2-5,9,12H,6-8H2,1H3,(H,15,16). The molecule has 0 bridgehead atoms. The van der Waals surface area contributed by atoms with E-state index in [0.717, 1.165) is 12.0 Å². The molecule has 1 saturated heterocycles. The second-order valence-electron chi connectivity index (χ2n) is 4.86. The minimum atomic E-state index is -3.71. The Morgan fingerprint density at radius 3 is 2.55 bits per heavy atom. The zero-order chi connectivity index (χ0) is 14.8. The van der Waals surface area contributed by atoms with Crippen molar-refractivity contribution in [1.82, 2.24) is 5.32 Å². The first kappa shape index (κ1) is 15.3. The molecule has 1 aromatic carbocycles. The largest absolute Gasteiger partial charge is 0.368 e. The molecule has 0 spiro atoms. The van der Waals surface area contributed by atoms with E-state index in [9.17, 15) is 13.2 Å². The van der Waals surface area contributed by atoms with Crippen LogP contribution in [-0.2, 0) is 25.1 Å². The van der Waals surface area contributed by atoms with Gasteiger partial charge in [-0.1, -0.05) is 19.1 Å². The molecule has 1 aromatic rings. The monoisotopic (exact) mass is 317 g/mol. The predicted molar refractivity (Wildman–Crippen MR) is 74.8 cm³/mol. The fraction of sp³-hybridized carbons (Fsp3) is 0.462. The van der Waals surface area contributed by atoms with Crippen LogP contribution in [0.1, 0.15) is 18.9 Å². The molecule has 1 aliphatic rings. The van der Waals surface area contributed by atoms with Gasteiger partial charge in [0.15, 0.2) is 0 Å². The molecule has 2 unspecified atom stereocenters. The number of amides is 1. The lowest BCUT2D eigenvalue weighted by atomic mass is 10.0. The summed E-state index contributed by atoms with van der Waals surface area (Å²) in [6.07, 6.45) is 0.498. The molecule has 0 radical (unpaired) electrons. The molecule has 20 heavy (non-hydrogen) atoms. The lowest BCUT2D eigenvalue weighted by molar-refractivity contribution is -0.131. The molecule has 2 rings (SSSR count). The lowest BCUT2D eigenvalue weighted by Gasteiger charge is -2.14. The van der Waals surface area contributed by atoms with Crippen LogP contribution in [-0.4, -0.2) is 27.0 Å².